The summed E-state index contributed by atoms with van der Waals surface area (Å²) in [7, 11) is 1.55. The Morgan fingerprint density at radius 2 is 1.83 bits per heavy atom. The van der Waals surface area contributed by atoms with E-state index in [2.05, 4.69) is 0 Å². The van der Waals surface area contributed by atoms with Crippen LogP contribution in [0.2, 0.25) is 0 Å². The molecule has 0 aromatic heterocycles. The molecule has 2 aromatic rings. The van der Waals surface area contributed by atoms with E-state index in [1.54, 1.807) is 37.4 Å². The summed E-state index contributed by atoms with van der Waals surface area (Å²) in [5.74, 6) is 0.473. The summed E-state index contributed by atoms with van der Waals surface area (Å²) in [4.78, 5) is 12.9. The highest BCUT2D eigenvalue weighted by Gasteiger charge is 2.25. The first kappa shape index (κ1) is 17.2. The predicted octanol–water partition coefficient (Wildman–Crippen LogP) is 3.54. The molecule has 0 spiro atoms. The number of methoxy groups -OCH3 is 1. The van der Waals surface area contributed by atoms with Crippen molar-refractivity contribution in [1.82, 2.24) is 0 Å². The third kappa shape index (κ3) is 4.41. The highest BCUT2D eigenvalue weighted by Crippen LogP contribution is 2.28. The van der Waals surface area contributed by atoms with Crippen molar-refractivity contribution >= 4 is 5.78 Å². The fraction of sp³-hybridized carbons (Fsp3) is 0.316. The van der Waals surface area contributed by atoms with E-state index in [9.17, 15) is 9.90 Å². The molecule has 4 nitrogen and oxygen atoms in total. The fourth-order valence-electron chi connectivity index (χ4n) is 2.36. The molecule has 23 heavy (non-hydrogen) atoms. The standard InChI is InChI=1S/C19H22O4/c1-13(2)23-19(18(21)15-7-5-4-6-8-15)16-9-14(12-20)10-17(11-16)22-3/h4-11,13,19-20H,12H2,1-3H3. The van der Waals surface area contributed by atoms with Gasteiger partial charge >= 0.3 is 0 Å². The van der Waals surface area contributed by atoms with E-state index >= 15 is 0 Å². The predicted molar refractivity (Wildman–Crippen MR) is 88.7 cm³/mol. The van der Waals surface area contributed by atoms with Gasteiger partial charge in [-0.15, -0.1) is 0 Å². The fourth-order valence-corrected chi connectivity index (χ4v) is 2.36. The van der Waals surface area contributed by atoms with E-state index in [-0.39, 0.29) is 18.5 Å². The molecule has 122 valence electrons. The number of benzene rings is 2. The summed E-state index contributed by atoms with van der Waals surface area (Å²) >= 11 is 0. The minimum absolute atomic E-state index is 0.114. The summed E-state index contributed by atoms with van der Waals surface area (Å²) in [5.41, 5.74) is 1.94. The molecule has 2 rings (SSSR count). The maximum absolute atomic E-state index is 12.9. The zero-order chi connectivity index (χ0) is 16.8. The van der Waals surface area contributed by atoms with Crippen LogP contribution in [-0.4, -0.2) is 24.1 Å². The van der Waals surface area contributed by atoms with Crippen molar-refractivity contribution in [2.45, 2.75) is 32.7 Å². The van der Waals surface area contributed by atoms with Crippen LogP contribution >= 0.6 is 0 Å². The number of hydrogen-bond donors (Lipinski definition) is 1. The number of rotatable bonds is 7. The minimum Gasteiger partial charge on any atom is -0.497 e. The lowest BCUT2D eigenvalue weighted by molar-refractivity contribution is 0.0113. The Hall–Kier alpha value is -2.17. The summed E-state index contributed by atoms with van der Waals surface area (Å²) in [6.07, 6.45) is -0.853. The average Bonchev–Trinajstić information content (AvgIpc) is 2.59. The third-order valence-corrected chi connectivity index (χ3v) is 3.41. The highest BCUT2D eigenvalue weighted by molar-refractivity contribution is 6.00. The molecule has 1 N–H and O–H groups in total. The smallest absolute Gasteiger partial charge is 0.196 e. The van der Waals surface area contributed by atoms with Crippen molar-refractivity contribution < 1.29 is 19.4 Å². The van der Waals surface area contributed by atoms with Gasteiger partial charge in [0.2, 0.25) is 0 Å². The quantitative estimate of drug-likeness (QED) is 0.794. The Morgan fingerprint density at radius 3 is 2.39 bits per heavy atom. The lowest BCUT2D eigenvalue weighted by atomic mass is 9.97. The first-order valence-electron chi connectivity index (χ1n) is 7.58. The highest BCUT2D eigenvalue weighted by atomic mass is 16.5. The Bertz CT molecular complexity index is 627. The monoisotopic (exact) mass is 314 g/mol. The van der Waals surface area contributed by atoms with E-state index in [1.807, 2.05) is 32.0 Å². The number of aliphatic hydroxyl groups excluding tert-OH is 1. The first-order valence-corrected chi connectivity index (χ1v) is 7.58. The number of hydrogen-bond acceptors (Lipinski definition) is 4. The summed E-state index contributed by atoms with van der Waals surface area (Å²) < 4.78 is 11.1. The SMILES string of the molecule is COc1cc(CO)cc(C(OC(C)C)C(=O)c2ccccc2)c1. The van der Waals surface area contributed by atoms with Crippen LogP contribution in [0.4, 0.5) is 0 Å². The van der Waals surface area contributed by atoms with Crippen molar-refractivity contribution in [3.05, 3.63) is 65.2 Å². The van der Waals surface area contributed by atoms with Gasteiger partial charge in [-0.05, 0) is 37.1 Å². The van der Waals surface area contributed by atoms with Crippen LogP contribution in [0.15, 0.2) is 48.5 Å². The zero-order valence-electron chi connectivity index (χ0n) is 13.7. The second-order valence-corrected chi connectivity index (χ2v) is 5.57. The topological polar surface area (TPSA) is 55.8 Å². The van der Waals surface area contributed by atoms with Gasteiger partial charge in [-0.3, -0.25) is 4.79 Å². The van der Waals surface area contributed by atoms with Gasteiger partial charge in [0.25, 0.3) is 0 Å². The Labute approximate surface area is 136 Å². The number of carbonyl (C=O) groups is 1. The van der Waals surface area contributed by atoms with Crippen LogP contribution in [-0.2, 0) is 11.3 Å². The Kier molecular flexibility index (Phi) is 5.90. The molecule has 0 aliphatic carbocycles. The van der Waals surface area contributed by atoms with Crippen molar-refractivity contribution in [2.75, 3.05) is 7.11 Å². The van der Waals surface area contributed by atoms with Crippen LogP contribution in [0.5, 0.6) is 5.75 Å². The van der Waals surface area contributed by atoms with E-state index in [0.29, 0.717) is 22.4 Å². The van der Waals surface area contributed by atoms with Crippen LogP contribution in [0.25, 0.3) is 0 Å². The Balaban J connectivity index is 2.44. The zero-order valence-corrected chi connectivity index (χ0v) is 13.7. The van der Waals surface area contributed by atoms with Crippen LogP contribution in [0, 0.1) is 0 Å². The number of carbonyl (C=O) groups excluding carboxylic acids is 1. The number of ether oxygens (including phenoxy) is 2. The van der Waals surface area contributed by atoms with Crippen molar-refractivity contribution in [3.63, 3.8) is 0 Å². The summed E-state index contributed by atoms with van der Waals surface area (Å²) in [5, 5.41) is 9.42. The summed E-state index contributed by atoms with van der Waals surface area (Å²) in [6, 6.07) is 14.3. The van der Waals surface area contributed by atoms with Gasteiger partial charge in [0, 0.05) is 5.56 Å². The molecule has 0 aliphatic rings. The molecule has 2 aromatic carbocycles. The van der Waals surface area contributed by atoms with E-state index < -0.39 is 6.10 Å². The summed E-state index contributed by atoms with van der Waals surface area (Å²) in [6.45, 7) is 3.65. The molecule has 0 saturated carbocycles. The van der Waals surface area contributed by atoms with Gasteiger partial charge in [0.15, 0.2) is 5.78 Å². The lowest BCUT2D eigenvalue weighted by Gasteiger charge is -2.21. The molecule has 1 unspecified atom stereocenters. The molecular weight excluding hydrogens is 292 g/mol. The lowest BCUT2D eigenvalue weighted by Crippen LogP contribution is -2.20. The molecule has 0 amide bonds. The van der Waals surface area contributed by atoms with Gasteiger partial charge < -0.3 is 14.6 Å². The van der Waals surface area contributed by atoms with Crippen molar-refractivity contribution in [2.24, 2.45) is 0 Å². The third-order valence-electron chi connectivity index (χ3n) is 3.41. The van der Waals surface area contributed by atoms with Crippen LogP contribution in [0.1, 0.15) is 41.4 Å². The number of ketones is 1. The second-order valence-electron chi connectivity index (χ2n) is 5.57. The molecule has 0 bridgehead atoms. The van der Waals surface area contributed by atoms with Gasteiger partial charge in [-0.25, -0.2) is 0 Å². The molecule has 1 atom stereocenters. The molecule has 0 saturated heterocycles. The number of aliphatic hydroxyl groups is 1. The number of Topliss-reactive ketones (excluding diaryl/α,β-unsaturated/α-hetero) is 1. The van der Waals surface area contributed by atoms with Gasteiger partial charge in [0.05, 0.1) is 19.8 Å². The van der Waals surface area contributed by atoms with Gasteiger partial charge in [0.1, 0.15) is 11.9 Å². The second kappa shape index (κ2) is 7.90. The van der Waals surface area contributed by atoms with Gasteiger partial charge in [-0.2, -0.15) is 0 Å². The molecular formula is C19H22O4. The molecule has 0 radical (unpaired) electrons. The molecule has 0 heterocycles. The average molecular weight is 314 g/mol. The van der Waals surface area contributed by atoms with Crippen LogP contribution in [0.3, 0.4) is 0 Å². The van der Waals surface area contributed by atoms with Crippen molar-refractivity contribution in [1.29, 1.82) is 0 Å². The van der Waals surface area contributed by atoms with E-state index in [1.165, 1.54) is 0 Å². The van der Waals surface area contributed by atoms with Crippen molar-refractivity contribution in [3.8, 4) is 5.75 Å². The molecule has 0 fully saturated rings. The maximum atomic E-state index is 12.9. The Morgan fingerprint density at radius 1 is 1.13 bits per heavy atom. The molecule has 0 aliphatic heterocycles. The maximum Gasteiger partial charge on any atom is 0.196 e. The van der Waals surface area contributed by atoms with Crippen LogP contribution < -0.4 is 4.74 Å². The molecule has 4 heteroatoms. The normalized spacial score (nSPS) is 12.2. The minimum atomic E-state index is -0.738. The van der Waals surface area contributed by atoms with Gasteiger partial charge in [-0.1, -0.05) is 36.4 Å². The first-order chi connectivity index (χ1) is 11.0. The largest absolute Gasteiger partial charge is 0.497 e. The van der Waals surface area contributed by atoms with E-state index in [0.717, 1.165) is 0 Å². The van der Waals surface area contributed by atoms with E-state index in [4.69, 9.17) is 9.47 Å².